The molecule has 0 aliphatic heterocycles. The summed E-state index contributed by atoms with van der Waals surface area (Å²) in [5.74, 6) is -0.492. The van der Waals surface area contributed by atoms with E-state index >= 15 is 0 Å². The van der Waals surface area contributed by atoms with Crippen molar-refractivity contribution in [2.24, 2.45) is 0 Å². The minimum absolute atomic E-state index is 0.202. The van der Waals surface area contributed by atoms with Crippen LogP contribution in [0, 0.1) is 0 Å². The van der Waals surface area contributed by atoms with Gasteiger partial charge in [0.25, 0.3) is 5.91 Å². The molecule has 178 valence electrons. The van der Waals surface area contributed by atoms with E-state index in [0.717, 1.165) is 5.56 Å². The van der Waals surface area contributed by atoms with E-state index < -0.39 is 10.0 Å². The molecule has 2 amide bonds. The van der Waals surface area contributed by atoms with Gasteiger partial charge in [-0.3, -0.25) is 14.6 Å². The SMILES string of the molecule is CCN(CC)S(=O)(=O)c1ccc(CCC(=O)Nc2cccc(C(=O)Nc3ccncc3)c2)cc1. The molecule has 0 bridgehead atoms. The van der Waals surface area contributed by atoms with Gasteiger partial charge >= 0.3 is 0 Å². The fourth-order valence-electron chi connectivity index (χ4n) is 3.40. The maximum absolute atomic E-state index is 12.6. The highest BCUT2D eigenvalue weighted by Gasteiger charge is 2.21. The number of benzene rings is 2. The van der Waals surface area contributed by atoms with Gasteiger partial charge in [0.15, 0.2) is 0 Å². The lowest BCUT2D eigenvalue weighted by Crippen LogP contribution is -2.30. The Balaban J connectivity index is 1.56. The number of sulfonamides is 1. The molecule has 2 aromatic carbocycles. The molecule has 1 heterocycles. The largest absolute Gasteiger partial charge is 0.326 e. The lowest BCUT2D eigenvalue weighted by atomic mass is 10.1. The quantitative estimate of drug-likeness (QED) is 0.457. The number of hydrogen-bond acceptors (Lipinski definition) is 5. The van der Waals surface area contributed by atoms with E-state index in [9.17, 15) is 18.0 Å². The zero-order valence-corrected chi connectivity index (χ0v) is 20.0. The van der Waals surface area contributed by atoms with Crippen LogP contribution >= 0.6 is 0 Å². The van der Waals surface area contributed by atoms with Gasteiger partial charge in [-0.2, -0.15) is 4.31 Å². The Morgan fingerprint density at radius 2 is 1.56 bits per heavy atom. The van der Waals surface area contributed by atoms with Crippen molar-refractivity contribution in [2.45, 2.75) is 31.6 Å². The van der Waals surface area contributed by atoms with Gasteiger partial charge in [-0.1, -0.05) is 32.0 Å². The Labute approximate surface area is 200 Å². The molecule has 34 heavy (non-hydrogen) atoms. The van der Waals surface area contributed by atoms with Crippen molar-refractivity contribution in [2.75, 3.05) is 23.7 Å². The molecule has 0 unspecified atom stereocenters. The lowest BCUT2D eigenvalue weighted by Gasteiger charge is -2.18. The average molecular weight is 481 g/mol. The summed E-state index contributed by atoms with van der Waals surface area (Å²) in [6.45, 7) is 4.43. The molecule has 9 heteroatoms. The summed E-state index contributed by atoms with van der Waals surface area (Å²) in [6, 6.07) is 16.7. The first kappa shape index (κ1) is 25.1. The van der Waals surface area contributed by atoms with E-state index in [1.165, 1.54) is 4.31 Å². The third kappa shape index (κ3) is 6.49. The molecular formula is C25H28N4O4S. The van der Waals surface area contributed by atoms with Crippen LogP contribution in [-0.2, 0) is 21.2 Å². The average Bonchev–Trinajstić information content (AvgIpc) is 2.84. The van der Waals surface area contributed by atoms with Crippen LogP contribution in [0.25, 0.3) is 0 Å². The van der Waals surface area contributed by atoms with E-state index in [0.29, 0.717) is 36.4 Å². The van der Waals surface area contributed by atoms with Crippen LogP contribution in [0.1, 0.15) is 36.2 Å². The first-order valence-electron chi connectivity index (χ1n) is 11.0. The molecule has 8 nitrogen and oxygen atoms in total. The van der Waals surface area contributed by atoms with Crippen LogP contribution in [0.2, 0.25) is 0 Å². The monoisotopic (exact) mass is 480 g/mol. The topological polar surface area (TPSA) is 108 Å². The van der Waals surface area contributed by atoms with Crippen molar-refractivity contribution in [1.82, 2.24) is 9.29 Å². The van der Waals surface area contributed by atoms with Crippen molar-refractivity contribution in [3.05, 3.63) is 84.2 Å². The molecule has 0 saturated heterocycles. The fraction of sp³-hybridized carbons (Fsp3) is 0.240. The molecule has 0 radical (unpaired) electrons. The van der Waals surface area contributed by atoms with Gasteiger partial charge in [0.1, 0.15) is 0 Å². The number of amides is 2. The summed E-state index contributed by atoms with van der Waals surface area (Å²) >= 11 is 0. The number of carbonyl (C=O) groups is 2. The number of hydrogen-bond donors (Lipinski definition) is 2. The standard InChI is InChI=1S/C25H28N4O4S/c1-3-29(4-2)34(32,33)23-11-8-19(9-12-23)10-13-24(30)27-22-7-5-6-20(18-22)25(31)28-21-14-16-26-17-15-21/h5-9,11-12,14-18H,3-4,10,13H2,1-2H3,(H,27,30)(H,26,28,31). The molecule has 3 rings (SSSR count). The number of carbonyl (C=O) groups excluding carboxylic acids is 2. The van der Waals surface area contributed by atoms with Crippen molar-refractivity contribution >= 4 is 33.2 Å². The molecule has 0 fully saturated rings. The highest BCUT2D eigenvalue weighted by molar-refractivity contribution is 7.89. The Hall–Kier alpha value is -3.56. The normalized spacial score (nSPS) is 11.3. The molecule has 0 aliphatic carbocycles. The van der Waals surface area contributed by atoms with Gasteiger partial charge < -0.3 is 10.6 Å². The summed E-state index contributed by atoms with van der Waals surface area (Å²) in [4.78, 5) is 29.0. The van der Waals surface area contributed by atoms with Crippen molar-refractivity contribution in [3.8, 4) is 0 Å². The minimum Gasteiger partial charge on any atom is -0.326 e. The summed E-state index contributed by atoms with van der Waals surface area (Å²) in [6.07, 6.45) is 3.85. The predicted octanol–water partition coefficient (Wildman–Crippen LogP) is 3.94. The van der Waals surface area contributed by atoms with Gasteiger partial charge in [-0.15, -0.1) is 0 Å². The predicted molar refractivity (Wildman–Crippen MR) is 132 cm³/mol. The molecule has 2 N–H and O–H groups in total. The molecular weight excluding hydrogens is 452 g/mol. The first-order valence-corrected chi connectivity index (χ1v) is 12.5. The molecule has 0 aliphatic rings. The molecule has 0 atom stereocenters. The Bertz CT molecular complexity index is 1230. The third-order valence-corrected chi connectivity index (χ3v) is 7.32. The number of aryl methyl sites for hydroxylation is 1. The summed E-state index contributed by atoms with van der Waals surface area (Å²) in [7, 11) is -3.50. The second-order valence-corrected chi connectivity index (χ2v) is 9.49. The molecule has 3 aromatic rings. The number of aromatic nitrogens is 1. The lowest BCUT2D eigenvalue weighted by molar-refractivity contribution is -0.116. The van der Waals surface area contributed by atoms with E-state index in [-0.39, 0.29) is 23.1 Å². The maximum atomic E-state index is 12.6. The van der Waals surface area contributed by atoms with Gasteiger partial charge in [0, 0.05) is 48.8 Å². The Morgan fingerprint density at radius 3 is 2.21 bits per heavy atom. The number of nitrogens with zero attached hydrogens (tertiary/aromatic N) is 2. The van der Waals surface area contributed by atoms with Crippen molar-refractivity contribution in [1.29, 1.82) is 0 Å². The molecule has 0 spiro atoms. The Morgan fingerprint density at radius 1 is 0.882 bits per heavy atom. The zero-order chi connectivity index (χ0) is 24.6. The van der Waals surface area contributed by atoms with Crippen molar-refractivity contribution < 1.29 is 18.0 Å². The number of pyridine rings is 1. The van der Waals surface area contributed by atoms with Crippen LogP contribution < -0.4 is 10.6 Å². The molecule has 1 aromatic heterocycles. The number of rotatable bonds is 10. The van der Waals surface area contributed by atoms with Crippen LogP contribution in [0.15, 0.2) is 78.0 Å². The van der Waals surface area contributed by atoms with Crippen LogP contribution in [-0.4, -0.2) is 42.6 Å². The third-order valence-electron chi connectivity index (χ3n) is 5.25. The second kappa shape index (κ2) is 11.5. The van der Waals surface area contributed by atoms with Gasteiger partial charge in [0.05, 0.1) is 4.90 Å². The summed E-state index contributed by atoms with van der Waals surface area (Å²) in [5.41, 5.74) is 2.43. The first-order chi connectivity index (χ1) is 16.3. The van der Waals surface area contributed by atoms with Gasteiger partial charge in [0.2, 0.25) is 15.9 Å². The highest BCUT2D eigenvalue weighted by Crippen LogP contribution is 2.18. The van der Waals surface area contributed by atoms with Gasteiger partial charge in [-0.25, -0.2) is 8.42 Å². The van der Waals surface area contributed by atoms with Gasteiger partial charge in [-0.05, 0) is 54.4 Å². The fourth-order valence-corrected chi connectivity index (χ4v) is 4.86. The number of nitrogens with one attached hydrogen (secondary N) is 2. The van der Waals surface area contributed by atoms with Crippen LogP contribution in [0.4, 0.5) is 11.4 Å². The highest BCUT2D eigenvalue weighted by atomic mass is 32.2. The van der Waals surface area contributed by atoms with E-state index in [1.807, 2.05) is 0 Å². The van der Waals surface area contributed by atoms with Crippen LogP contribution in [0.5, 0.6) is 0 Å². The van der Waals surface area contributed by atoms with Crippen molar-refractivity contribution in [3.63, 3.8) is 0 Å². The van der Waals surface area contributed by atoms with E-state index in [1.54, 1.807) is 86.9 Å². The molecule has 0 saturated carbocycles. The van der Waals surface area contributed by atoms with E-state index in [4.69, 9.17) is 0 Å². The second-order valence-electron chi connectivity index (χ2n) is 7.55. The summed E-state index contributed by atoms with van der Waals surface area (Å²) < 4.78 is 26.6. The zero-order valence-electron chi connectivity index (χ0n) is 19.2. The van der Waals surface area contributed by atoms with Crippen LogP contribution in [0.3, 0.4) is 0 Å². The Kier molecular flexibility index (Phi) is 8.50. The minimum atomic E-state index is -3.50. The van der Waals surface area contributed by atoms with E-state index in [2.05, 4.69) is 15.6 Å². The maximum Gasteiger partial charge on any atom is 0.255 e. The summed E-state index contributed by atoms with van der Waals surface area (Å²) in [5, 5.41) is 5.58. The number of anilines is 2. The smallest absolute Gasteiger partial charge is 0.255 e.